The molecule has 1 N–H and O–H groups in total. The molecule has 0 fully saturated rings. The van der Waals surface area contributed by atoms with E-state index in [9.17, 15) is 4.79 Å². The summed E-state index contributed by atoms with van der Waals surface area (Å²) in [6.45, 7) is 0. The van der Waals surface area contributed by atoms with Crippen LogP contribution in [0.3, 0.4) is 0 Å². The van der Waals surface area contributed by atoms with E-state index in [2.05, 4.69) is 4.98 Å². The van der Waals surface area contributed by atoms with Gasteiger partial charge in [0.05, 0.1) is 34.1 Å². The van der Waals surface area contributed by atoms with Gasteiger partial charge < -0.3 is 23.9 Å². The van der Waals surface area contributed by atoms with Crippen molar-refractivity contribution in [2.24, 2.45) is 0 Å². The predicted molar refractivity (Wildman–Crippen MR) is 104 cm³/mol. The molecular weight excluding hydrogens is 346 g/mol. The third-order valence-electron chi connectivity index (χ3n) is 4.26. The molecule has 27 heavy (non-hydrogen) atoms. The van der Waals surface area contributed by atoms with Crippen LogP contribution in [0.25, 0.3) is 22.4 Å². The zero-order valence-electron chi connectivity index (χ0n) is 15.7. The first-order valence-electron chi connectivity index (χ1n) is 8.28. The molecule has 0 unspecified atom stereocenters. The van der Waals surface area contributed by atoms with E-state index in [0.29, 0.717) is 28.7 Å². The summed E-state index contributed by atoms with van der Waals surface area (Å²) >= 11 is 0. The van der Waals surface area contributed by atoms with Gasteiger partial charge in [0.1, 0.15) is 23.0 Å². The van der Waals surface area contributed by atoms with Gasteiger partial charge in [0.25, 0.3) is 0 Å². The third kappa shape index (κ3) is 3.74. The van der Waals surface area contributed by atoms with Crippen molar-refractivity contribution in [3.05, 3.63) is 58.9 Å². The lowest BCUT2D eigenvalue weighted by atomic mass is 10.0. The highest BCUT2D eigenvalue weighted by molar-refractivity contribution is 5.77. The monoisotopic (exact) mass is 367 g/mol. The van der Waals surface area contributed by atoms with Crippen molar-refractivity contribution in [3.63, 3.8) is 0 Å². The Morgan fingerprint density at radius 1 is 0.667 bits per heavy atom. The van der Waals surface area contributed by atoms with Crippen LogP contribution in [-0.2, 0) is 0 Å². The minimum atomic E-state index is -0.224. The van der Waals surface area contributed by atoms with Crippen LogP contribution in [-0.4, -0.2) is 33.4 Å². The van der Waals surface area contributed by atoms with Gasteiger partial charge in [-0.25, -0.2) is 0 Å². The Balaban J connectivity index is 2.15. The summed E-state index contributed by atoms with van der Waals surface area (Å²) in [6.07, 6.45) is 0. The fourth-order valence-corrected chi connectivity index (χ4v) is 2.90. The van der Waals surface area contributed by atoms with Crippen LogP contribution in [0.4, 0.5) is 0 Å². The van der Waals surface area contributed by atoms with E-state index in [1.54, 1.807) is 40.6 Å². The van der Waals surface area contributed by atoms with Crippen molar-refractivity contribution < 1.29 is 18.9 Å². The quantitative estimate of drug-likeness (QED) is 0.719. The maximum absolute atomic E-state index is 12.3. The van der Waals surface area contributed by atoms with E-state index in [1.165, 1.54) is 6.07 Å². The molecular formula is C21H21NO5. The first-order valence-corrected chi connectivity index (χ1v) is 8.28. The van der Waals surface area contributed by atoms with E-state index < -0.39 is 0 Å². The Morgan fingerprint density at radius 2 is 1.22 bits per heavy atom. The molecule has 1 aromatic heterocycles. The molecule has 0 aliphatic rings. The first-order chi connectivity index (χ1) is 13.1. The number of hydrogen-bond acceptors (Lipinski definition) is 5. The lowest BCUT2D eigenvalue weighted by Crippen LogP contribution is -2.06. The highest BCUT2D eigenvalue weighted by Crippen LogP contribution is 2.36. The van der Waals surface area contributed by atoms with Crippen molar-refractivity contribution >= 4 is 0 Å². The molecule has 0 saturated heterocycles. The molecule has 140 valence electrons. The van der Waals surface area contributed by atoms with Crippen LogP contribution >= 0.6 is 0 Å². The lowest BCUT2D eigenvalue weighted by Gasteiger charge is -2.13. The molecule has 3 aromatic rings. The summed E-state index contributed by atoms with van der Waals surface area (Å²) in [5.41, 5.74) is 2.68. The molecule has 0 radical (unpaired) electrons. The number of benzene rings is 2. The predicted octanol–water partition coefficient (Wildman–Crippen LogP) is 3.74. The van der Waals surface area contributed by atoms with Crippen LogP contribution in [0.5, 0.6) is 23.0 Å². The van der Waals surface area contributed by atoms with Crippen LogP contribution < -0.4 is 24.5 Å². The molecule has 0 aliphatic heterocycles. The zero-order chi connectivity index (χ0) is 19.4. The number of nitrogens with one attached hydrogen (secondary N) is 1. The smallest absolute Gasteiger partial charge is 0.249 e. The normalized spacial score (nSPS) is 10.4. The van der Waals surface area contributed by atoms with Gasteiger partial charge in [-0.3, -0.25) is 4.79 Å². The second-order valence-electron chi connectivity index (χ2n) is 5.78. The largest absolute Gasteiger partial charge is 0.497 e. The summed E-state index contributed by atoms with van der Waals surface area (Å²) in [5, 5.41) is 0. The van der Waals surface area contributed by atoms with E-state index in [1.807, 2.05) is 30.3 Å². The minimum absolute atomic E-state index is 0.224. The average Bonchev–Trinajstić information content (AvgIpc) is 2.72. The fourth-order valence-electron chi connectivity index (χ4n) is 2.90. The van der Waals surface area contributed by atoms with Gasteiger partial charge in [-0.1, -0.05) is 0 Å². The van der Waals surface area contributed by atoms with Crippen molar-refractivity contribution in [1.82, 2.24) is 4.98 Å². The molecule has 6 nitrogen and oxygen atoms in total. The topological polar surface area (TPSA) is 69.8 Å². The van der Waals surface area contributed by atoms with E-state index in [-0.39, 0.29) is 5.56 Å². The zero-order valence-corrected chi connectivity index (χ0v) is 15.7. The Hall–Kier alpha value is -3.41. The first kappa shape index (κ1) is 18.4. The van der Waals surface area contributed by atoms with Crippen LogP contribution in [0, 0.1) is 0 Å². The lowest BCUT2D eigenvalue weighted by molar-refractivity contribution is 0.395. The second-order valence-corrected chi connectivity index (χ2v) is 5.78. The van der Waals surface area contributed by atoms with Crippen molar-refractivity contribution in [2.75, 3.05) is 28.4 Å². The molecule has 0 saturated carbocycles. The van der Waals surface area contributed by atoms with Gasteiger partial charge in [0.2, 0.25) is 5.56 Å². The van der Waals surface area contributed by atoms with Gasteiger partial charge in [-0.2, -0.15) is 0 Å². The number of hydrogen-bond donors (Lipinski definition) is 1. The minimum Gasteiger partial charge on any atom is -0.497 e. The maximum Gasteiger partial charge on any atom is 0.249 e. The van der Waals surface area contributed by atoms with Crippen LogP contribution in [0.1, 0.15) is 0 Å². The highest BCUT2D eigenvalue weighted by atomic mass is 16.5. The van der Waals surface area contributed by atoms with E-state index in [4.69, 9.17) is 18.9 Å². The van der Waals surface area contributed by atoms with Gasteiger partial charge in [0.15, 0.2) is 0 Å². The number of methoxy groups -OCH3 is 4. The van der Waals surface area contributed by atoms with Crippen LogP contribution in [0.2, 0.25) is 0 Å². The number of H-pyrrole nitrogens is 1. The van der Waals surface area contributed by atoms with Gasteiger partial charge >= 0.3 is 0 Å². The number of pyridine rings is 1. The molecule has 6 heteroatoms. The number of rotatable bonds is 6. The molecule has 2 aromatic carbocycles. The van der Waals surface area contributed by atoms with Crippen molar-refractivity contribution in [3.8, 4) is 45.4 Å². The van der Waals surface area contributed by atoms with E-state index >= 15 is 0 Å². The Kier molecular flexibility index (Phi) is 5.35. The molecule has 0 bridgehead atoms. The standard InChI is InChI=1S/C21H21NO5/c1-24-14-5-7-16(19(11-14)26-3)13-9-18(22-21(23)10-13)17-8-6-15(25-2)12-20(17)27-4/h5-12H,1-4H3,(H,22,23). The summed E-state index contributed by atoms with van der Waals surface area (Å²) < 4.78 is 21.4. The molecule has 0 aliphatic carbocycles. The summed E-state index contributed by atoms with van der Waals surface area (Å²) in [4.78, 5) is 15.2. The van der Waals surface area contributed by atoms with Crippen molar-refractivity contribution in [1.29, 1.82) is 0 Å². The highest BCUT2D eigenvalue weighted by Gasteiger charge is 2.13. The summed E-state index contributed by atoms with van der Waals surface area (Å²) in [7, 11) is 6.34. The van der Waals surface area contributed by atoms with Crippen LogP contribution in [0.15, 0.2) is 53.3 Å². The Bertz CT molecular complexity index is 933. The Labute approximate surface area is 157 Å². The average molecular weight is 367 g/mol. The summed E-state index contributed by atoms with van der Waals surface area (Å²) in [6, 6.07) is 14.3. The number of ether oxygens (including phenoxy) is 4. The van der Waals surface area contributed by atoms with Gasteiger partial charge in [0, 0.05) is 29.3 Å². The fraction of sp³-hybridized carbons (Fsp3) is 0.190. The number of aromatic amines is 1. The van der Waals surface area contributed by atoms with Crippen molar-refractivity contribution in [2.45, 2.75) is 0 Å². The maximum atomic E-state index is 12.3. The molecule has 0 spiro atoms. The molecule has 0 amide bonds. The summed E-state index contributed by atoms with van der Waals surface area (Å²) in [5.74, 6) is 2.57. The number of aromatic nitrogens is 1. The molecule has 3 rings (SSSR count). The second kappa shape index (κ2) is 7.86. The van der Waals surface area contributed by atoms with Gasteiger partial charge in [-0.15, -0.1) is 0 Å². The van der Waals surface area contributed by atoms with Gasteiger partial charge in [-0.05, 0) is 35.9 Å². The SMILES string of the molecule is COc1ccc(-c2cc(-c3ccc(OC)cc3OC)[nH]c(=O)c2)c(OC)c1. The third-order valence-corrected chi connectivity index (χ3v) is 4.26. The molecule has 0 atom stereocenters. The molecule has 1 heterocycles. The Morgan fingerprint density at radius 3 is 1.78 bits per heavy atom. The van der Waals surface area contributed by atoms with E-state index in [0.717, 1.165) is 16.7 Å².